The van der Waals surface area contributed by atoms with E-state index in [1.54, 1.807) is 48.5 Å². The summed E-state index contributed by atoms with van der Waals surface area (Å²) in [6.45, 7) is 5.83. The Kier molecular flexibility index (Phi) is 7.67. The summed E-state index contributed by atoms with van der Waals surface area (Å²) in [4.78, 5) is 26.3. The molecule has 1 amide bonds. The van der Waals surface area contributed by atoms with Crippen molar-refractivity contribution in [2.45, 2.75) is 20.8 Å². The number of amides is 1. The van der Waals surface area contributed by atoms with Gasteiger partial charge in [-0.15, -0.1) is 0 Å². The third-order valence-electron chi connectivity index (χ3n) is 5.72. The molecule has 0 bridgehead atoms. The number of carbonyl (C=O) groups excluding carboxylic acids is 1. The first kappa shape index (κ1) is 25.6. The molecule has 1 aromatic heterocycles. The van der Waals surface area contributed by atoms with Crippen LogP contribution >= 0.6 is 0 Å². The molecule has 37 heavy (non-hydrogen) atoms. The quantitative estimate of drug-likeness (QED) is 0.322. The van der Waals surface area contributed by atoms with E-state index in [2.05, 4.69) is 5.32 Å². The molecule has 0 spiro atoms. The normalized spacial score (nSPS) is 10.7. The molecular weight excluding hydrogens is 474 g/mol. The van der Waals surface area contributed by atoms with Crippen molar-refractivity contribution in [3.05, 3.63) is 75.9 Å². The number of rotatable bonds is 9. The van der Waals surface area contributed by atoms with Crippen LogP contribution in [0.5, 0.6) is 23.0 Å². The van der Waals surface area contributed by atoms with Crippen molar-refractivity contribution in [3.63, 3.8) is 0 Å². The van der Waals surface area contributed by atoms with E-state index in [1.165, 1.54) is 14.2 Å². The number of hydrogen-bond acceptors (Lipinski definition) is 7. The number of methoxy groups -OCH3 is 2. The van der Waals surface area contributed by atoms with Gasteiger partial charge in [-0.2, -0.15) is 0 Å². The lowest BCUT2D eigenvalue weighted by atomic mass is 10.0. The van der Waals surface area contributed by atoms with E-state index in [0.717, 1.165) is 11.1 Å². The second-order valence-corrected chi connectivity index (χ2v) is 8.41. The maximum Gasteiger partial charge on any atom is 0.262 e. The zero-order valence-electron chi connectivity index (χ0n) is 21.5. The highest BCUT2D eigenvalue weighted by atomic mass is 16.5. The summed E-state index contributed by atoms with van der Waals surface area (Å²) in [6, 6.07) is 15.8. The predicted octanol–water partition coefficient (Wildman–Crippen LogP) is 5.51. The van der Waals surface area contributed by atoms with Crippen molar-refractivity contribution in [3.8, 4) is 34.3 Å². The van der Waals surface area contributed by atoms with Gasteiger partial charge in [0.2, 0.25) is 11.2 Å². The molecule has 8 nitrogen and oxygen atoms in total. The molecule has 8 heteroatoms. The lowest BCUT2D eigenvalue weighted by Crippen LogP contribution is -2.22. The number of carbonyl (C=O) groups is 1. The van der Waals surface area contributed by atoms with Crippen LogP contribution in [0.25, 0.3) is 22.3 Å². The second kappa shape index (κ2) is 11.1. The van der Waals surface area contributed by atoms with Crippen LogP contribution in [0.3, 0.4) is 0 Å². The van der Waals surface area contributed by atoms with Crippen LogP contribution in [0.4, 0.5) is 5.69 Å². The molecule has 0 radical (unpaired) electrons. The van der Waals surface area contributed by atoms with Crippen LogP contribution in [-0.4, -0.2) is 33.3 Å². The van der Waals surface area contributed by atoms with Gasteiger partial charge in [0.25, 0.3) is 5.91 Å². The van der Waals surface area contributed by atoms with Gasteiger partial charge in [0.15, 0.2) is 23.9 Å². The van der Waals surface area contributed by atoms with E-state index in [9.17, 15) is 9.59 Å². The summed E-state index contributed by atoms with van der Waals surface area (Å²) < 4.78 is 28.2. The maximum absolute atomic E-state index is 13.6. The SMILES string of the molecule is CCOc1ccc(NC(=O)COc2c(-c3ccc(OC)c(OC)c3)oc3c(C)cc(C)cc3c2=O)cc1. The molecule has 0 aliphatic rings. The van der Waals surface area contributed by atoms with Gasteiger partial charge in [-0.25, -0.2) is 0 Å². The van der Waals surface area contributed by atoms with E-state index in [1.807, 2.05) is 26.8 Å². The van der Waals surface area contributed by atoms with Crippen molar-refractivity contribution in [1.29, 1.82) is 0 Å². The monoisotopic (exact) mass is 503 g/mol. The van der Waals surface area contributed by atoms with E-state index in [4.69, 9.17) is 23.4 Å². The van der Waals surface area contributed by atoms with Crippen molar-refractivity contribution < 1.29 is 28.2 Å². The Morgan fingerprint density at radius 3 is 2.32 bits per heavy atom. The molecule has 1 N–H and O–H groups in total. The smallest absolute Gasteiger partial charge is 0.262 e. The number of ether oxygens (including phenoxy) is 4. The number of hydrogen-bond donors (Lipinski definition) is 1. The maximum atomic E-state index is 13.6. The minimum Gasteiger partial charge on any atom is -0.494 e. The summed E-state index contributed by atoms with van der Waals surface area (Å²) in [6.07, 6.45) is 0. The van der Waals surface area contributed by atoms with Gasteiger partial charge in [-0.3, -0.25) is 9.59 Å². The summed E-state index contributed by atoms with van der Waals surface area (Å²) in [5, 5.41) is 3.14. The molecule has 0 aliphatic carbocycles. The van der Waals surface area contributed by atoms with E-state index >= 15 is 0 Å². The van der Waals surface area contributed by atoms with E-state index < -0.39 is 12.5 Å². The fourth-order valence-corrected chi connectivity index (χ4v) is 4.07. The fraction of sp³-hybridized carbons (Fsp3) is 0.241. The Morgan fingerprint density at radius 2 is 1.65 bits per heavy atom. The van der Waals surface area contributed by atoms with Crippen LogP contribution in [-0.2, 0) is 4.79 Å². The van der Waals surface area contributed by atoms with Crippen molar-refractivity contribution in [2.24, 2.45) is 0 Å². The summed E-state index contributed by atoms with van der Waals surface area (Å²) in [5.41, 5.74) is 2.93. The van der Waals surface area contributed by atoms with Gasteiger partial charge in [0.05, 0.1) is 26.2 Å². The molecule has 0 atom stereocenters. The highest BCUT2D eigenvalue weighted by Gasteiger charge is 2.21. The molecule has 0 aliphatic heterocycles. The summed E-state index contributed by atoms with van der Waals surface area (Å²) in [5.74, 6) is 1.39. The van der Waals surface area contributed by atoms with Crippen LogP contribution in [0.1, 0.15) is 18.1 Å². The van der Waals surface area contributed by atoms with Crippen molar-refractivity contribution in [2.75, 3.05) is 32.8 Å². The lowest BCUT2D eigenvalue weighted by Gasteiger charge is -2.15. The number of nitrogens with one attached hydrogen (secondary N) is 1. The van der Waals surface area contributed by atoms with Gasteiger partial charge >= 0.3 is 0 Å². The first-order valence-electron chi connectivity index (χ1n) is 11.8. The van der Waals surface area contributed by atoms with Crippen LogP contribution in [0.2, 0.25) is 0 Å². The van der Waals surface area contributed by atoms with Gasteiger partial charge < -0.3 is 28.7 Å². The third kappa shape index (κ3) is 5.53. The Labute approximate surface area is 214 Å². The molecule has 4 rings (SSSR count). The molecular formula is C29H29NO7. The molecule has 0 unspecified atom stereocenters. The van der Waals surface area contributed by atoms with Crippen LogP contribution in [0, 0.1) is 13.8 Å². The molecule has 0 saturated heterocycles. The van der Waals surface area contributed by atoms with Gasteiger partial charge in [-0.05, 0) is 80.4 Å². The average molecular weight is 504 g/mol. The molecule has 192 valence electrons. The van der Waals surface area contributed by atoms with E-state index in [-0.39, 0.29) is 16.9 Å². The summed E-state index contributed by atoms with van der Waals surface area (Å²) in [7, 11) is 3.06. The molecule has 0 saturated carbocycles. The van der Waals surface area contributed by atoms with Crippen LogP contribution < -0.4 is 29.7 Å². The minimum atomic E-state index is -0.428. The first-order chi connectivity index (χ1) is 17.8. The van der Waals surface area contributed by atoms with Gasteiger partial charge in [0.1, 0.15) is 11.3 Å². The molecule has 4 aromatic rings. The molecule has 0 fully saturated rings. The number of anilines is 1. The van der Waals surface area contributed by atoms with Crippen molar-refractivity contribution in [1.82, 2.24) is 0 Å². The first-order valence-corrected chi connectivity index (χ1v) is 11.8. The van der Waals surface area contributed by atoms with Crippen molar-refractivity contribution >= 4 is 22.6 Å². The molecule has 3 aromatic carbocycles. The van der Waals surface area contributed by atoms with E-state index in [0.29, 0.717) is 46.1 Å². The topological polar surface area (TPSA) is 96.2 Å². The third-order valence-corrected chi connectivity index (χ3v) is 5.72. The number of benzene rings is 3. The lowest BCUT2D eigenvalue weighted by molar-refractivity contribution is -0.118. The largest absolute Gasteiger partial charge is 0.494 e. The fourth-order valence-electron chi connectivity index (χ4n) is 4.07. The minimum absolute atomic E-state index is 0.0634. The highest BCUT2D eigenvalue weighted by Crippen LogP contribution is 2.37. The Morgan fingerprint density at radius 1 is 0.919 bits per heavy atom. The standard InChI is InChI=1S/C29H29NO7/c1-6-35-21-10-8-20(9-11-21)30-25(31)16-36-29-26(32)22-14-17(2)13-18(3)27(22)37-28(29)19-7-12-23(33-4)24(15-19)34-5/h7-15H,6,16H2,1-5H3,(H,30,31). The Hall–Kier alpha value is -4.46. The number of aryl methyl sites for hydroxylation is 2. The van der Waals surface area contributed by atoms with Gasteiger partial charge in [0, 0.05) is 11.3 Å². The molecule has 1 heterocycles. The Bertz CT molecular complexity index is 1490. The average Bonchev–Trinajstić information content (AvgIpc) is 2.89. The predicted molar refractivity (Wildman–Crippen MR) is 142 cm³/mol. The second-order valence-electron chi connectivity index (χ2n) is 8.41. The highest BCUT2D eigenvalue weighted by molar-refractivity contribution is 5.92. The number of fused-ring (bicyclic) bond motifs is 1. The zero-order chi connectivity index (χ0) is 26.5. The van der Waals surface area contributed by atoms with Gasteiger partial charge in [-0.1, -0.05) is 6.07 Å². The Balaban J connectivity index is 1.70. The van der Waals surface area contributed by atoms with Crippen LogP contribution in [0.15, 0.2) is 63.8 Å². The summed E-state index contributed by atoms with van der Waals surface area (Å²) >= 11 is 0. The zero-order valence-corrected chi connectivity index (χ0v) is 21.5.